The fourth-order valence-corrected chi connectivity index (χ4v) is 2.88. The van der Waals surface area contributed by atoms with Gasteiger partial charge >= 0.3 is 12.1 Å². The van der Waals surface area contributed by atoms with Crippen LogP contribution in [0.2, 0.25) is 0 Å². The Hall–Kier alpha value is -1.61. The van der Waals surface area contributed by atoms with Crippen molar-refractivity contribution in [3.05, 3.63) is 29.8 Å². The molecule has 0 aliphatic carbocycles. The Morgan fingerprint density at radius 2 is 1.95 bits per heavy atom. The molecule has 0 aliphatic rings. The summed E-state index contributed by atoms with van der Waals surface area (Å²) in [6.07, 6.45) is -4.65. The third-order valence-corrected chi connectivity index (χ3v) is 4.64. The van der Waals surface area contributed by atoms with Gasteiger partial charge in [0.25, 0.3) is 0 Å². The number of nitrogens with zero attached hydrogens (tertiary/aromatic N) is 1. The highest BCUT2D eigenvalue weighted by Crippen LogP contribution is 2.31. The molecule has 0 saturated heterocycles. The number of hydrogen-bond donors (Lipinski definition) is 1. The van der Waals surface area contributed by atoms with Gasteiger partial charge in [0.15, 0.2) is 0 Å². The normalized spacial score (nSPS) is 14.2. The molecule has 0 saturated carbocycles. The van der Waals surface area contributed by atoms with E-state index in [0.29, 0.717) is 6.07 Å². The van der Waals surface area contributed by atoms with Crippen molar-refractivity contribution in [1.82, 2.24) is 4.31 Å². The molecule has 5 nitrogen and oxygen atoms in total. The third kappa shape index (κ3) is 4.18. The Labute approximate surface area is 120 Å². The smallest absolute Gasteiger partial charge is 0.416 e. The van der Waals surface area contributed by atoms with Gasteiger partial charge in [0.05, 0.1) is 16.4 Å². The maximum absolute atomic E-state index is 12.6. The number of sulfonamides is 1. The Balaban J connectivity index is 3.11. The number of carboxylic acid groups (broad SMARTS) is 1. The molecule has 0 bridgehead atoms. The van der Waals surface area contributed by atoms with E-state index in [1.54, 1.807) is 0 Å². The first kappa shape index (κ1) is 17.4. The lowest BCUT2D eigenvalue weighted by atomic mass is 10.2. The molecule has 1 unspecified atom stereocenters. The number of rotatable bonds is 5. The molecule has 0 heterocycles. The van der Waals surface area contributed by atoms with Gasteiger partial charge < -0.3 is 5.11 Å². The summed E-state index contributed by atoms with van der Waals surface area (Å²) in [6, 6.07) is 3.31. The molecule has 1 aromatic rings. The van der Waals surface area contributed by atoms with Gasteiger partial charge in [-0.15, -0.1) is 0 Å². The molecule has 0 aromatic heterocycles. The molecule has 0 radical (unpaired) electrons. The summed E-state index contributed by atoms with van der Waals surface area (Å²) in [5, 5.41) is 8.75. The third-order valence-electron chi connectivity index (χ3n) is 2.82. The average Bonchev–Trinajstić information content (AvgIpc) is 2.37. The van der Waals surface area contributed by atoms with E-state index in [1.807, 2.05) is 0 Å². The zero-order chi connectivity index (χ0) is 16.4. The molecule has 0 aliphatic heterocycles. The highest BCUT2D eigenvalue weighted by molar-refractivity contribution is 7.89. The molecule has 1 N–H and O–H groups in total. The van der Waals surface area contributed by atoms with Crippen LogP contribution in [0.25, 0.3) is 0 Å². The number of carbonyl (C=O) groups is 1. The summed E-state index contributed by atoms with van der Waals surface area (Å²) in [5.41, 5.74) is -1.08. The van der Waals surface area contributed by atoms with Crippen molar-refractivity contribution >= 4 is 16.0 Å². The SMILES string of the molecule is CC(CN(C)S(=O)(=O)c1cccc(C(F)(F)F)c1)C(=O)O. The van der Waals surface area contributed by atoms with Gasteiger partial charge in [-0.05, 0) is 18.2 Å². The van der Waals surface area contributed by atoms with Crippen molar-refractivity contribution in [2.45, 2.75) is 18.0 Å². The molecule has 1 aromatic carbocycles. The first-order chi connectivity index (χ1) is 9.46. The molecule has 0 amide bonds. The van der Waals surface area contributed by atoms with Crippen LogP contribution < -0.4 is 0 Å². The van der Waals surface area contributed by atoms with Crippen LogP contribution in [0.1, 0.15) is 12.5 Å². The first-order valence-electron chi connectivity index (χ1n) is 5.82. The number of halogens is 3. The van der Waals surface area contributed by atoms with Crippen LogP contribution in [0.5, 0.6) is 0 Å². The lowest BCUT2D eigenvalue weighted by molar-refractivity contribution is -0.141. The lowest BCUT2D eigenvalue weighted by Gasteiger charge is -2.19. The second-order valence-electron chi connectivity index (χ2n) is 4.55. The zero-order valence-corrected chi connectivity index (χ0v) is 12.1. The number of benzene rings is 1. The summed E-state index contributed by atoms with van der Waals surface area (Å²) in [5.74, 6) is -2.17. The Morgan fingerprint density at radius 3 is 2.43 bits per heavy atom. The van der Waals surface area contributed by atoms with Gasteiger partial charge in [0, 0.05) is 13.6 Å². The largest absolute Gasteiger partial charge is 0.481 e. The Kier molecular flexibility index (Phi) is 5.00. The van der Waals surface area contributed by atoms with Crippen LogP contribution in [0.15, 0.2) is 29.2 Å². The predicted molar refractivity (Wildman–Crippen MR) is 68.1 cm³/mol. The first-order valence-corrected chi connectivity index (χ1v) is 7.26. The van der Waals surface area contributed by atoms with Gasteiger partial charge in [-0.1, -0.05) is 13.0 Å². The van der Waals surface area contributed by atoms with E-state index in [-0.39, 0.29) is 6.54 Å². The van der Waals surface area contributed by atoms with Crippen LogP contribution in [0.4, 0.5) is 13.2 Å². The number of hydrogen-bond acceptors (Lipinski definition) is 3. The molecule has 1 rings (SSSR count). The van der Waals surface area contributed by atoms with Crippen molar-refractivity contribution in [2.24, 2.45) is 5.92 Å². The van der Waals surface area contributed by atoms with Crippen LogP contribution in [-0.2, 0) is 21.0 Å². The van der Waals surface area contributed by atoms with E-state index in [0.717, 1.165) is 29.6 Å². The topological polar surface area (TPSA) is 74.7 Å². The van der Waals surface area contributed by atoms with E-state index < -0.39 is 38.5 Å². The Morgan fingerprint density at radius 1 is 1.38 bits per heavy atom. The minimum absolute atomic E-state index is 0.339. The van der Waals surface area contributed by atoms with E-state index in [2.05, 4.69) is 0 Å². The highest BCUT2D eigenvalue weighted by Gasteiger charge is 2.32. The van der Waals surface area contributed by atoms with Crippen molar-refractivity contribution in [3.8, 4) is 0 Å². The van der Waals surface area contributed by atoms with Gasteiger partial charge in [0.2, 0.25) is 10.0 Å². The second kappa shape index (κ2) is 6.02. The monoisotopic (exact) mass is 325 g/mol. The van der Waals surface area contributed by atoms with Crippen LogP contribution >= 0.6 is 0 Å². The molecule has 9 heteroatoms. The molecular formula is C12H14F3NO4S. The maximum atomic E-state index is 12.6. The van der Waals surface area contributed by atoms with E-state index in [9.17, 15) is 26.4 Å². The number of aliphatic carboxylic acids is 1. The van der Waals surface area contributed by atoms with Crippen molar-refractivity contribution in [1.29, 1.82) is 0 Å². The molecule has 0 fully saturated rings. The van der Waals surface area contributed by atoms with E-state index in [4.69, 9.17) is 5.11 Å². The van der Waals surface area contributed by atoms with Crippen LogP contribution in [0, 0.1) is 5.92 Å². The lowest BCUT2D eigenvalue weighted by Crippen LogP contribution is -2.33. The summed E-state index contributed by atoms with van der Waals surface area (Å²) in [4.78, 5) is 10.2. The summed E-state index contributed by atoms with van der Waals surface area (Å²) in [6.45, 7) is 0.967. The van der Waals surface area contributed by atoms with Gasteiger partial charge in [-0.25, -0.2) is 12.7 Å². The van der Waals surface area contributed by atoms with Crippen LogP contribution in [-0.4, -0.2) is 37.4 Å². The number of alkyl halides is 3. The van der Waals surface area contributed by atoms with E-state index in [1.165, 1.54) is 6.92 Å². The quantitative estimate of drug-likeness (QED) is 0.899. The number of carboxylic acids is 1. The minimum Gasteiger partial charge on any atom is -0.481 e. The fraction of sp³-hybridized carbons (Fsp3) is 0.417. The highest BCUT2D eigenvalue weighted by atomic mass is 32.2. The predicted octanol–water partition coefficient (Wildman–Crippen LogP) is 2.05. The minimum atomic E-state index is -4.65. The standard InChI is InChI=1S/C12H14F3NO4S/c1-8(11(17)18)7-16(2)21(19,20)10-5-3-4-9(6-10)12(13,14)15/h3-6,8H,7H2,1-2H3,(H,17,18). The van der Waals surface area contributed by atoms with Crippen LogP contribution in [0.3, 0.4) is 0 Å². The molecule has 1 atom stereocenters. The molecule has 21 heavy (non-hydrogen) atoms. The zero-order valence-electron chi connectivity index (χ0n) is 11.3. The van der Waals surface area contributed by atoms with Gasteiger partial charge in [-0.2, -0.15) is 13.2 Å². The summed E-state index contributed by atoms with van der Waals surface area (Å²) in [7, 11) is -3.06. The Bertz CT molecular complexity index is 628. The van der Waals surface area contributed by atoms with Gasteiger partial charge in [0.1, 0.15) is 0 Å². The molecular weight excluding hydrogens is 311 g/mol. The van der Waals surface area contributed by atoms with E-state index >= 15 is 0 Å². The maximum Gasteiger partial charge on any atom is 0.416 e. The fourth-order valence-electron chi connectivity index (χ4n) is 1.57. The van der Waals surface area contributed by atoms with Crippen molar-refractivity contribution in [3.63, 3.8) is 0 Å². The summed E-state index contributed by atoms with van der Waals surface area (Å²) >= 11 is 0. The van der Waals surface area contributed by atoms with Gasteiger partial charge in [-0.3, -0.25) is 4.79 Å². The molecule has 0 spiro atoms. The second-order valence-corrected chi connectivity index (χ2v) is 6.60. The average molecular weight is 325 g/mol. The van der Waals surface area contributed by atoms with Crippen molar-refractivity contribution in [2.75, 3.05) is 13.6 Å². The molecule has 118 valence electrons. The summed E-state index contributed by atoms with van der Waals surface area (Å²) < 4.78 is 62.8. The van der Waals surface area contributed by atoms with Crippen molar-refractivity contribution < 1.29 is 31.5 Å².